The van der Waals surface area contributed by atoms with Crippen LogP contribution in [0.25, 0.3) is 5.65 Å². The van der Waals surface area contributed by atoms with Gasteiger partial charge in [0.15, 0.2) is 0 Å². The van der Waals surface area contributed by atoms with Gasteiger partial charge in [-0.05, 0) is 30.8 Å². The molecule has 0 aliphatic carbocycles. The van der Waals surface area contributed by atoms with E-state index in [4.69, 9.17) is 21.6 Å². The number of aromatic amines is 1. The van der Waals surface area contributed by atoms with E-state index in [1.165, 1.54) is 12.8 Å². The van der Waals surface area contributed by atoms with Crippen LogP contribution in [-0.4, -0.2) is 37.9 Å². The molecule has 0 spiro atoms. The van der Waals surface area contributed by atoms with Crippen LogP contribution in [0.15, 0.2) is 6.07 Å². The first-order chi connectivity index (χ1) is 12.0. The van der Waals surface area contributed by atoms with Crippen LogP contribution in [-0.2, 0) is 19.9 Å². The highest BCUT2D eigenvalue weighted by Crippen LogP contribution is 2.18. The number of nitrogens with one attached hydrogen (secondary N) is 1. The standard InChI is InChI=1S/C17H22ClN7/c1-11-10-13(18)12(2)25-16(11)19-14(21-25)6-7-15-20-17(22-23(15)3)24-8-4-5-9-24/h10H,4-9H2,1-3H3/p+1. The minimum Gasteiger partial charge on any atom is -0.340 e. The van der Waals surface area contributed by atoms with E-state index in [0.29, 0.717) is 0 Å². The Kier molecular flexibility index (Phi) is 4.11. The van der Waals surface area contributed by atoms with Crippen molar-refractivity contribution in [1.29, 1.82) is 0 Å². The van der Waals surface area contributed by atoms with E-state index < -0.39 is 0 Å². The Bertz CT molecular complexity index is 921. The van der Waals surface area contributed by atoms with Crippen molar-refractivity contribution in [3.63, 3.8) is 0 Å². The maximum absolute atomic E-state index is 6.27. The molecule has 1 N–H and O–H groups in total. The molecule has 4 rings (SSSR count). The van der Waals surface area contributed by atoms with Crippen molar-refractivity contribution in [1.82, 2.24) is 24.8 Å². The van der Waals surface area contributed by atoms with Gasteiger partial charge in [-0.1, -0.05) is 11.6 Å². The Morgan fingerprint density at radius 1 is 1.20 bits per heavy atom. The average molecular weight is 361 g/mol. The Balaban J connectivity index is 1.54. The number of halogens is 1. The zero-order valence-electron chi connectivity index (χ0n) is 14.9. The van der Waals surface area contributed by atoms with E-state index >= 15 is 0 Å². The average Bonchev–Trinajstić information content (AvgIpc) is 3.30. The topological polar surface area (TPSA) is 66.7 Å². The largest absolute Gasteiger partial charge is 0.351 e. The molecule has 4 heterocycles. The fourth-order valence-electron chi connectivity index (χ4n) is 3.37. The first-order valence-electron chi connectivity index (χ1n) is 8.74. The second-order valence-corrected chi connectivity index (χ2v) is 7.14. The number of aryl methyl sites for hydroxylation is 5. The predicted molar refractivity (Wildman–Crippen MR) is 96.1 cm³/mol. The molecular formula is C17H23ClN7+. The van der Waals surface area contributed by atoms with Crippen LogP contribution in [0.3, 0.4) is 0 Å². The van der Waals surface area contributed by atoms with E-state index in [-0.39, 0.29) is 0 Å². The van der Waals surface area contributed by atoms with Crippen molar-refractivity contribution in [2.75, 3.05) is 18.0 Å². The lowest BCUT2D eigenvalue weighted by atomic mass is 10.2. The molecule has 0 unspecified atom stereocenters. The molecule has 0 aromatic carbocycles. The van der Waals surface area contributed by atoms with Crippen LogP contribution < -0.4 is 9.42 Å². The second-order valence-electron chi connectivity index (χ2n) is 6.74. The summed E-state index contributed by atoms with van der Waals surface area (Å²) in [6.45, 7) is 6.13. The lowest BCUT2D eigenvalue weighted by Gasteiger charge is -2.10. The third kappa shape index (κ3) is 2.97. The molecule has 1 aliphatic heterocycles. The lowest BCUT2D eigenvalue weighted by molar-refractivity contribution is -0.585. The molecule has 0 atom stereocenters. The summed E-state index contributed by atoms with van der Waals surface area (Å²) < 4.78 is 3.84. The van der Waals surface area contributed by atoms with Gasteiger partial charge in [-0.25, -0.2) is 0 Å². The van der Waals surface area contributed by atoms with Gasteiger partial charge in [-0.3, -0.25) is 4.68 Å². The highest BCUT2D eigenvalue weighted by molar-refractivity contribution is 6.31. The molecule has 132 valence electrons. The number of nitrogens with zero attached hydrogens (tertiary/aromatic N) is 6. The summed E-state index contributed by atoms with van der Waals surface area (Å²) >= 11 is 6.27. The number of anilines is 1. The van der Waals surface area contributed by atoms with Crippen LogP contribution in [0.4, 0.5) is 5.95 Å². The van der Waals surface area contributed by atoms with Crippen molar-refractivity contribution in [3.05, 3.63) is 34.0 Å². The molecule has 1 fully saturated rings. The maximum Gasteiger partial charge on any atom is 0.351 e. The predicted octanol–water partition coefficient (Wildman–Crippen LogP) is 1.93. The first-order valence-corrected chi connectivity index (χ1v) is 9.12. The molecule has 0 amide bonds. The molecule has 3 aromatic heterocycles. The van der Waals surface area contributed by atoms with E-state index in [1.54, 1.807) is 0 Å². The van der Waals surface area contributed by atoms with Gasteiger partial charge in [0.05, 0.1) is 5.02 Å². The smallest absolute Gasteiger partial charge is 0.340 e. The van der Waals surface area contributed by atoms with Crippen molar-refractivity contribution in [2.45, 2.75) is 39.5 Å². The Morgan fingerprint density at radius 2 is 1.96 bits per heavy atom. The zero-order chi connectivity index (χ0) is 17.6. The zero-order valence-corrected chi connectivity index (χ0v) is 15.6. The first kappa shape index (κ1) is 16.3. The molecule has 0 bridgehead atoms. The number of fused-ring (bicyclic) bond motifs is 1. The number of pyridine rings is 1. The van der Waals surface area contributed by atoms with Crippen LogP contribution in [0.2, 0.25) is 5.02 Å². The van der Waals surface area contributed by atoms with Crippen LogP contribution >= 0.6 is 11.6 Å². The van der Waals surface area contributed by atoms with Crippen molar-refractivity contribution in [2.24, 2.45) is 7.05 Å². The minimum atomic E-state index is 0.744. The van der Waals surface area contributed by atoms with Gasteiger partial charge >= 0.3 is 5.65 Å². The summed E-state index contributed by atoms with van der Waals surface area (Å²) in [5, 5.41) is 8.66. The van der Waals surface area contributed by atoms with Crippen molar-refractivity contribution >= 4 is 23.2 Å². The molecule has 7 nitrogen and oxygen atoms in total. The van der Waals surface area contributed by atoms with E-state index in [0.717, 1.165) is 65.5 Å². The quantitative estimate of drug-likeness (QED) is 0.722. The fourth-order valence-corrected chi connectivity index (χ4v) is 3.62. The molecule has 3 aromatic rings. The lowest BCUT2D eigenvalue weighted by Crippen LogP contribution is -2.28. The molecule has 1 saturated heterocycles. The SMILES string of the molecule is Cc1cc(Cl)c(C)[n+]2[nH]c(CCc3nc(N4CCCC4)nn3C)nc12. The molecule has 25 heavy (non-hydrogen) atoms. The summed E-state index contributed by atoms with van der Waals surface area (Å²) in [7, 11) is 1.96. The van der Waals surface area contributed by atoms with Crippen molar-refractivity contribution in [3.8, 4) is 0 Å². The fraction of sp³-hybridized carbons (Fsp3) is 0.529. The van der Waals surface area contributed by atoms with E-state index in [2.05, 4.69) is 15.1 Å². The highest BCUT2D eigenvalue weighted by atomic mass is 35.5. The second kappa shape index (κ2) is 6.29. The van der Waals surface area contributed by atoms with Gasteiger partial charge in [0.1, 0.15) is 11.5 Å². The number of H-pyrrole nitrogens is 1. The van der Waals surface area contributed by atoms with Crippen molar-refractivity contribution < 1.29 is 4.52 Å². The van der Waals surface area contributed by atoms with E-state index in [9.17, 15) is 0 Å². The van der Waals surface area contributed by atoms with Crippen LogP contribution in [0.5, 0.6) is 0 Å². The molecule has 0 saturated carbocycles. The highest BCUT2D eigenvalue weighted by Gasteiger charge is 2.21. The summed E-state index contributed by atoms with van der Waals surface area (Å²) in [6, 6.07) is 1.96. The number of hydrogen-bond donors (Lipinski definition) is 1. The van der Waals surface area contributed by atoms with Gasteiger partial charge in [-0.15, -0.1) is 9.61 Å². The molecule has 8 heteroatoms. The summed E-state index contributed by atoms with van der Waals surface area (Å²) in [5.74, 6) is 2.77. The third-order valence-corrected chi connectivity index (χ3v) is 5.27. The normalized spacial score (nSPS) is 14.8. The molecule has 1 aliphatic rings. The summed E-state index contributed by atoms with van der Waals surface area (Å²) in [6.07, 6.45) is 4.03. The number of aromatic nitrogens is 6. The van der Waals surface area contributed by atoms with Crippen LogP contribution in [0.1, 0.15) is 35.7 Å². The maximum atomic E-state index is 6.27. The van der Waals surface area contributed by atoms with Gasteiger partial charge in [0, 0.05) is 45.5 Å². The number of rotatable bonds is 4. The van der Waals surface area contributed by atoms with Gasteiger partial charge in [0.2, 0.25) is 5.95 Å². The summed E-state index contributed by atoms with van der Waals surface area (Å²) in [5.41, 5.74) is 2.96. The van der Waals surface area contributed by atoms with Gasteiger partial charge in [0.25, 0.3) is 5.82 Å². The number of hydrogen-bond acceptors (Lipinski definition) is 4. The molecule has 0 radical (unpaired) electrons. The minimum absolute atomic E-state index is 0.744. The molecular weight excluding hydrogens is 338 g/mol. The summed E-state index contributed by atoms with van der Waals surface area (Å²) in [4.78, 5) is 11.7. The Labute approximate surface area is 151 Å². The van der Waals surface area contributed by atoms with Crippen LogP contribution in [0, 0.1) is 13.8 Å². The van der Waals surface area contributed by atoms with E-state index in [1.807, 2.05) is 36.2 Å². The Hall–Kier alpha value is -2.15. The Morgan fingerprint density at radius 3 is 2.72 bits per heavy atom. The van der Waals surface area contributed by atoms with Gasteiger partial charge in [-0.2, -0.15) is 10.1 Å². The third-order valence-electron chi connectivity index (χ3n) is 4.89. The monoisotopic (exact) mass is 360 g/mol. The van der Waals surface area contributed by atoms with Gasteiger partial charge < -0.3 is 4.90 Å².